The third kappa shape index (κ3) is 3.52. The Morgan fingerprint density at radius 3 is 2.65 bits per heavy atom. The molecule has 134 valence electrons. The molecule has 4 heterocycles. The first kappa shape index (κ1) is 17.6. The van der Waals surface area contributed by atoms with Crippen LogP contribution in [0.1, 0.15) is 35.7 Å². The number of hydrogen-bond donors (Lipinski definition) is 1. The third-order valence-electron chi connectivity index (χ3n) is 5.51. The van der Waals surface area contributed by atoms with Crippen molar-refractivity contribution in [3.05, 3.63) is 46.8 Å². The fourth-order valence-corrected chi connectivity index (χ4v) is 5.87. The highest BCUT2D eigenvalue weighted by Gasteiger charge is 2.40. The second-order valence-corrected chi connectivity index (χ2v) is 9.29. The maximum absolute atomic E-state index is 12.7. The Morgan fingerprint density at radius 1 is 1.31 bits per heavy atom. The maximum atomic E-state index is 12.7. The number of piperidine rings is 3. The van der Waals surface area contributed by atoms with Gasteiger partial charge in [0.25, 0.3) is 5.91 Å². The Bertz CT molecular complexity index is 829. The number of hydrogen-bond acceptors (Lipinski definition) is 5. The molecule has 0 saturated carbocycles. The van der Waals surface area contributed by atoms with Crippen molar-refractivity contribution in [2.24, 2.45) is 5.92 Å². The van der Waals surface area contributed by atoms with E-state index in [9.17, 15) is 4.79 Å². The Morgan fingerprint density at radius 2 is 2.04 bits per heavy atom. The standard InChI is InChI=1S/C20H21N3OS2/c1-13-19(15-6-8-23(13)9-7-15)22-20(24)16-2-4-17(5-3-16)26-18-10-14(11-21)12-25-18/h2-5,10,12-13,15,19H,6-9H2,1H3,(H,22,24)/t13-,19-/m0/s1. The van der Waals surface area contributed by atoms with Crippen molar-refractivity contribution in [2.45, 2.75) is 41.0 Å². The van der Waals surface area contributed by atoms with Gasteiger partial charge in [-0.25, -0.2) is 0 Å². The average Bonchev–Trinajstić information content (AvgIpc) is 3.13. The molecule has 0 aliphatic carbocycles. The number of carbonyl (C=O) groups is 1. The quantitative estimate of drug-likeness (QED) is 0.867. The molecule has 0 spiro atoms. The molecule has 5 rings (SSSR count). The number of nitriles is 1. The van der Waals surface area contributed by atoms with Gasteiger partial charge >= 0.3 is 0 Å². The summed E-state index contributed by atoms with van der Waals surface area (Å²) < 4.78 is 1.08. The van der Waals surface area contributed by atoms with Gasteiger partial charge in [0.2, 0.25) is 0 Å². The van der Waals surface area contributed by atoms with E-state index in [1.165, 1.54) is 25.9 Å². The Hall–Kier alpha value is -1.81. The zero-order chi connectivity index (χ0) is 18.1. The Balaban J connectivity index is 1.40. The van der Waals surface area contributed by atoms with Gasteiger partial charge in [0.05, 0.1) is 9.77 Å². The molecule has 3 aliphatic heterocycles. The molecule has 0 unspecified atom stereocenters. The zero-order valence-electron chi connectivity index (χ0n) is 14.6. The number of rotatable bonds is 4. The molecular weight excluding hydrogens is 362 g/mol. The fourth-order valence-electron chi connectivity index (χ4n) is 4.00. The lowest BCUT2D eigenvalue weighted by atomic mass is 9.79. The molecule has 0 radical (unpaired) electrons. The average molecular weight is 384 g/mol. The fraction of sp³-hybridized carbons (Fsp3) is 0.400. The number of amides is 1. The van der Waals surface area contributed by atoms with Crippen molar-refractivity contribution in [3.63, 3.8) is 0 Å². The molecule has 26 heavy (non-hydrogen) atoms. The van der Waals surface area contributed by atoms with Crippen LogP contribution in [0.5, 0.6) is 0 Å². The van der Waals surface area contributed by atoms with Crippen LogP contribution in [0.2, 0.25) is 0 Å². The van der Waals surface area contributed by atoms with E-state index in [1.807, 2.05) is 35.7 Å². The van der Waals surface area contributed by atoms with Gasteiger partial charge in [0, 0.05) is 27.9 Å². The van der Waals surface area contributed by atoms with E-state index in [1.54, 1.807) is 23.1 Å². The van der Waals surface area contributed by atoms with E-state index in [2.05, 4.69) is 23.2 Å². The number of carbonyl (C=O) groups excluding carboxylic acids is 1. The largest absolute Gasteiger partial charge is 0.347 e. The van der Waals surface area contributed by atoms with Crippen molar-refractivity contribution >= 4 is 29.0 Å². The number of thiophene rings is 1. The number of nitrogens with zero attached hydrogens (tertiary/aromatic N) is 2. The minimum atomic E-state index is 0.0232. The summed E-state index contributed by atoms with van der Waals surface area (Å²) in [5, 5.41) is 14.0. The molecule has 1 amide bonds. The van der Waals surface area contributed by atoms with Gasteiger partial charge in [-0.15, -0.1) is 11.3 Å². The van der Waals surface area contributed by atoms with Crippen LogP contribution in [0.25, 0.3) is 0 Å². The zero-order valence-corrected chi connectivity index (χ0v) is 16.3. The predicted octanol–water partition coefficient (Wildman–Crippen LogP) is 3.98. The van der Waals surface area contributed by atoms with Gasteiger partial charge in [0.15, 0.2) is 0 Å². The molecule has 1 aromatic carbocycles. The first-order chi connectivity index (χ1) is 12.6. The SMILES string of the molecule is C[C@H]1[C@H](NC(=O)c2ccc(Sc3cc(C#N)cs3)cc2)C2CCN1CC2. The lowest BCUT2D eigenvalue weighted by Gasteiger charge is -2.49. The van der Waals surface area contributed by atoms with Crippen molar-refractivity contribution in [1.29, 1.82) is 5.26 Å². The molecular formula is C20H21N3OS2. The molecule has 2 atom stereocenters. The Kier molecular flexibility index (Phi) is 5.03. The number of nitrogens with one attached hydrogen (secondary N) is 1. The second-order valence-electron chi connectivity index (χ2n) is 7.01. The lowest BCUT2D eigenvalue weighted by molar-refractivity contribution is 0.0217. The summed E-state index contributed by atoms with van der Waals surface area (Å²) in [6.45, 7) is 4.56. The minimum Gasteiger partial charge on any atom is -0.347 e. The van der Waals surface area contributed by atoms with Gasteiger partial charge in [-0.1, -0.05) is 11.8 Å². The lowest BCUT2D eigenvalue weighted by Crippen LogP contribution is -2.62. The van der Waals surface area contributed by atoms with Gasteiger partial charge in [-0.2, -0.15) is 5.26 Å². The summed E-state index contributed by atoms with van der Waals surface area (Å²) in [6, 6.07) is 12.5. The van der Waals surface area contributed by atoms with Crippen LogP contribution < -0.4 is 5.32 Å². The summed E-state index contributed by atoms with van der Waals surface area (Å²) in [5.74, 6) is 0.636. The van der Waals surface area contributed by atoms with E-state index in [4.69, 9.17) is 5.26 Å². The van der Waals surface area contributed by atoms with Crippen LogP contribution >= 0.6 is 23.1 Å². The molecule has 3 fully saturated rings. The highest BCUT2D eigenvalue weighted by molar-refractivity contribution is 8.01. The molecule has 3 saturated heterocycles. The van der Waals surface area contributed by atoms with Crippen molar-refractivity contribution < 1.29 is 4.79 Å². The van der Waals surface area contributed by atoms with Crippen molar-refractivity contribution in [2.75, 3.05) is 13.1 Å². The highest BCUT2D eigenvalue weighted by atomic mass is 32.2. The van der Waals surface area contributed by atoms with E-state index in [0.29, 0.717) is 23.1 Å². The van der Waals surface area contributed by atoms with Gasteiger partial charge < -0.3 is 5.32 Å². The summed E-state index contributed by atoms with van der Waals surface area (Å²) in [6.07, 6.45) is 2.38. The van der Waals surface area contributed by atoms with Gasteiger partial charge in [-0.05, 0) is 69.1 Å². The molecule has 3 aliphatic rings. The maximum Gasteiger partial charge on any atom is 0.251 e. The molecule has 6 heteroatoms. The summed E-state index contributed by atoms with van der Waals surface area (Å²) in [5.41, 5.74) is 1.40. The van der Waals surface area contributed by atoms with E-state index >= 15 is 0 Å². The minimum absolute atomic E-state index is 0.0232. The summed E-state index contributed by atoms with van der Waals surface area (Å²) in [7, 11) is 0. The van der Waals surface area contributed by atoms with Crippen LogP contribution in [-0.4, -0.2) is 36.0 Å². The normalized spacial score (nSPS) is 27.1. The monoisotopic (exact) mass is 383 g/mol. The van der Waals surface area contributed by atoms with Crippen molar-refractivity contribution in [3.8, 4) is 6.07 Å². The first-order valence-electron chi connectivity index (χ1n) is 8.95. The van der Waals surface area contributed by atoms with Crippen LogP contribution in [0.15, 0.2) is 44.8 Å². The topological polar surface area (TPSA) is 56.1 Å². The molecule has 2 aromatic rings. The predicted molar refractivity (Wildman–Crippen MR) is 105 cm³/mol. The van der Waals surface area contributed by atoms with Crippen LogP contribution in [0.3, 0.4) is 0 Å². The number of fused-ring (bicyclic) bond motifs is 3. The van der Waals surface area contributed by atoms with E-state index < -0.39 is 0 Å². The third-order valence-corrected chi connectivity index (χ3v) is 7.60. The Labute approximate surface area is 162 Å². The van der Waals surface area contributed by atoms with Crippen LogP contribution in [0.4, 0.5) is 0 Å². The van der Waals surface area contributed by atoms with Crippen molar-refractivity contribution in [1.82, 2.24) is 10.2 Å². The van der Waals surface area contributed by atoms with Gasteiger partial charge in [0.1, 0.15) is 6.07 Å². The highest BCUT2D eigenvalue weighted by Crippen LogP contribution is 2.34. The van der Waals surface area contributed by atoms with E-state index in [0.717, 1.165) is 9.10 Å². The molecule has 4 nitrogen and oxygen atoms in total. The smallest absolute Gasteiger partial charge is 0.251 e. The van der Waals surface area contributed by atoms with Gasteiger partial charge in [-0.3, -0.25) is 9.69 Å². The first-order valence-corrected chi connectivity index (χ1v) is 10.6. The van der Waals surface area contributed by atoms with Crippen LogP contribution in [0, 0.1) is 17.2 Å². The molecule has 2 bridgehead atoms. The second kappa shape index (κ2) is 7.43. The molecule has 1 N–H and O–H groups in total. The molecule has 1 aromatic heterocycles. The summed E-state index contributed by atoms with van der Waals surface area (Å²) >= 11 is 3.19. The van der Waals surface area contributed by atoms with Crippen LogP contribution in [-0.2, 0) is 0 Å². The number of benzene rings is 1. The summed E-state index contributed by atoms with van der Waals surface area (Å²) in [4.78, 5) is 16.2. The van der Waals surface area contributed by atoms with E-state index in [-0.39, 0.29) is 11.9 Å².